The van der Waals surface area contributed by atoms with Crippen LogP contribution in [0.4, 0.5) is 0 Å². The number of hydrogen-bond acceptors (Lipinski definition) is 4. The second-order valence-corrected chi connectivity index (χ2v) is 5.19. The van der Waals surface area contributed by atoms with Gasteiger partial charge in [-0.2, -0.15) is 0 Å². The van der Waals surface area contributed by atoms with Gasteiger partial charge in [0.2, 0.25) is 0 Å². The van der Waals surface area contributed by atoms with Gasteiger partial charge in [0.05, 0.1) is 11.7 Å². The van der Waals surface area contributed by atoms with Crippen LogP contribution in [0, 0.1) is 0 Å². The molecule has 0 spiro atoms. The van der Waals surface area contributed by atoms with Crippen LogP contribution in [0.25, 0.3) is 0 Å². The molecule has 1 saturated heterocycles. The van der Waals surface area contributed by atoms with Crippen LogP contribution >= 0.6 is 0 Å². The summed E-state index contributed by atoms with van der Waals surface area (Å²) in [5, 5.41) is 0. The quantitative estimate of drug-likeness (QED) is 0.784. The van der Waals surface area contributed by atoms with Crippen LogP contribution in [0.1, 0.15) is 30.1 Å². The summed E-state index contributed by atoms with van der Waals surface area (Å²) in [6.07, 6.45) is 1.58. The molecule has 1 aromatic rings. The first-order valence-electron chi connectivity index (χ1n) is 6.66. The first kappa shape index (κ1) is 14.0. The van der Waals surface area contributed by atoms with Gasteiger partial charge in [-0.25, -0.2) is 4.79 Å². The van der Waals surface area contributed by atoms with E-state index in [-0.39, 0.29) is 24.4 Å². The van der Waals surface area contributed by atoms with Crippen molar-refractivity contribution in [3.63, 3.8) is 0 Å². The highest BCUT2D eigenvalue weighted by Gasteiger charge is 2.33. The summed E-state index contributed by atoms with van der Waals surface area (Å²) in [5.41, 5.74) is 0.582. The average Bonchev–Trinajstić information content (AvgIpc) is 2.41. The lowest BCUT2D eigenvalue weighted by molar-refractivity contribution is -0.168. The summed E-state index contributed by atoms with van der Waals surface area (Å²) in [7, 11) is 3.87. The van der Waals surface area contributed by atoms with E-state index in [1.165, 1.54) is 0 Å². The van der Waals surface area contributed by atoms with Gasteiger partial charge < -0.3 is 9.47 Å². The minimum atomic E-state index is -0.282. The van der Waals surface area contributed by atoms with Gasteiger partial charge in [-0.05, 0) is 46.0 Å². The minimum Gasteiger partial charge on any atom is -0.455 e. The lowest BCUT2D eigenvalue weighted by Crippen LogP contribution is -2.48. The molecule has 0 radical (unpaired) electrons. The Hall–Kier alpha value is -1.39. The molecular weight excluding hydrogens is 242 g/mol. The Balaban J connectivity index is 2.03. The minimum absolute atomic E-state index is 0.170. The van der Waals surface area contributed by atoms with Crippen molar-refractivity contribution in [3.8, 4) is 0 Å². The molecule has 104 valence electrons. The molecule has 0 N–H and O–H groups in total. The van der Waals surface area contributed by atoms with Gasteiger partial charge in [-0.1, -0.05) is 18.2 Å². The van der Waals surface area contributed by atoms with E-state index in [0.717, 1.165) is 12.8 Å². The molecule has 3 atom stereocenters. The number of benzene rings is 1. The fraction of sp³-hybridized carbons (Fsp3) is 0.533. The summed E-state index contributed by atoms with van der Waals surface area (Å²) in [5.74, 6) is -0.282. The van der Waals surface area contributed by atoms with Crippen molar-refractivity contribution in [1.82, 2.24) is 4.90 Å². The molecule has 1 aliphatic rings. The number of carbonyl (C=O) groups excluding carboxylic acids is 1. The smallest absolute Gasteiger partial charge is 0.338 e. The van der Waals surface area contributed by atoms with E-state index < -0.39 is 0 Å². The van der Waals surface area contributed by atoms with Crippen molar-refractivity contribution in [3.05, 3.63) is 35.9 Å². The standard InChI is InChI=1S/C15H21NO3/c1-11-9-10-13(14(18-11)16(2)3)19-15(17)12-7-5-4-6-8-12/h4-8,11,13-14H,9-10H2,1-3H3. The third kappa shape index (κ3) is 3.55. The number of ether oxygens (including phenoxy) is 2. The van der Waals surface area contributed by atoms with Gasteiger partial charge in [0, 0.05) is 0 Å². The summed E-state index contributed by atoms with van der Waals surface area (Å²) in [4.78, 5) is 14.0. The van der Waals surface area contributed by atoms with Crippen LogP contribution in [0.5, 0.6) is 0 Å². The Morgan fingerprint density at radius 1 is 1.26 bits per heavy atom. The molecule has 0 bridgehead atoms. The number of esters is 1. The summed E-state index contributed by atoms with van der Waals surface area (Å²) < 4.78 is 11.4. The second-order valence-electron chi connectivity index (χ2n) is 5.19. The normalized spacial score (nSPS) is 27.3. The predicted octanol–water partition coefficient (Wildman–Crippen LogP) is 2.30. The third-order valence-electron chi connectivity index (χ3n) is 3.32. The zero-order valence-electron chi connectivity index (χ0n) is 11.7. The Bertz CT molecular complexity index is 419. The van der Waals surface area contributed by atoms with E-state index in [2.05, 4.69) is 0 Å². The monoisotopic (exact) mass is 263 g/mol. The molecule has 0 aromatic heterocycles. The van der Waals surface area contributed by atoms with E-state index in [4.69, 9.17) is 9.47 Å². The van der Waals surface area contributed by atoms with Crippen LogP contribution in [0.2, 0.25) is 0 Å². The fourth-order valence-corrected chi connectivity index (χ4v) is 2.29. The SMILES string of the molecule is CC1CCC(OC(=O)c2ccccc2)C(N(C)C)O1. The molecule has 4 heteroatoms. The third-order valence-corrected chi connectivity index (χ3v) is 3.32. The molecule has 19 heavy (non-hydrogen) atoms. The van der Waals surface area contributed by atoms with Crippen molar-refractivity contribution in [2.24, 2.45) is 0 Å². The highest BCUT2D eigenvalue weighted by Crippen LogP contribution is 2.24. The maximum absolute atomic E-state index is 12.1. The van der Waals surface area contributed by atoms with E-state index in [1.54, 1.807) is 12.1 Å². The topological polar surface area (TPSA) is 38.8 Å². The summed E-state index contributed by atoms with van der Waals surface area (Å²) in [6.45, 7) is 2.05. The second kappa shape index (κ2) is 6.17. The molecule has 0 aliphatic carbocycles. The Kier molecular flexibility index (Phi) is 4.56. The van der Waals surface area contributed by atoms with Crippen molar-refractivity contribution in [2.45, 2.75) is 38.2 Å². The van der Waals surface area contributed by atoms with Crippen molar-refractivity contribution < 1.29 is 14.3 Å². The molecule has 4 nitrogen and oxygen atoms in total. The van der Waals surface area contributed by atoms with Gasteiger partial charge in [0.25, 0.3) is 0 Å². The molecule has 3 unspecified atom stereocenters. The first-order chi connectivity index (χ1) is 9.08. The van der Waals surface area contributed by atoms with Gasteiger partial charge >= 0.3 is 5.97 Å². The van der Waals surface area contributed by atoms with Crippen molar-refractivity contribution in [2.75, 3.05) is 14.1 Å². The lowest BCUT2D eigenvalue weighted by Gasteiger charge is -2.38. The van der Waals surface area contributed by atoms with Gasteiger partial charge in [0.1, 0.15) is 12.3 Å². The molecule has 1 aromatic carbocycles. The number of hydrogen-bond donors (Lipinski definition) is 0. The molecule has 1 fully saturated rings. The van der Waals surface area contributed by atoms with E-state index in [0.29, 0.717) is 5.56 Å². The molecule has 0 saturated carbocycles. The number of likely N-dealkylation sites (N-methyl/N-ethyl adjacent to an activating group) is 1. The maximum atomic E-state index is 12.1. The predicted molar refractivity (Wildman–Crippen MR) is 72.9 cm³/mol. The summed E-state index contributed by atoms with van der Waals surface area (Å²) in [6, 6.07) is 9.07. The zero-order valence-corrected chi connectivity index (χ0v) is 11.7. The van der Waals surface area contributed by atoms with E-state index in [1.807, 2.05) is 44.1 Å². The van der Waals surface area contributed by atoms with Crippen LogP contribution in [0.3, 0.4) is 0 Å². The van der Waals surface area contributed by atoms with Crippen molar-refractivity contribution >= 4 is 5.97 Å². The molecular formula is C15H21NO3. The highest BCUT2D eigenvalue weighted by atomic mass is 16.6. The maximum Gasteiger partial charge on any atom is 0.338 e. The molecule has 1 aliphatic heterocycles. The fourth-order valence-electron chi connectivity index (χ4n) is 2.29. The number of nitrogens with zero attached hydrogens (tertiary/aromatic N) is 1. The highest BCUT2D eigenvalue weighted by molar-refractivity contribution is 5.89. The van der Waals surface area contributed by atoms with Crippen LogP contribution in [-0.4, -0.2) is 43.4 Å². The van der Waals surface area contributed by atoms with Crippen LogP contribution in [-0.2, 0) is 9.47 Å². The number of rotatable bonds is 3. The molecule has 0 amide bonds. The molecule has 1 heterocycles. The summed E-state index contributed by atoms with van der Waals surface area (Å²) >= 11 is 0. The van der Waals surface area contributed by atoms with Gasteiger partial charge in [0.15, 0.2) is 0 Å². The Labute approximate surface area is 114 Å². The first-order valence-corrected chi connectivity index (χ1v) is 6.66. The van der Waals surface area contributed by atoms with E-state index in [9.17, 15) is 4.79 Å². The van der Waals surface area contributed by atoms with Crippen molar-refractivity contribution in [1.29, 1.82) is 0 Å². The molecule has 2 rings (SSSR count). The lowest BCUT2D eigenvalue weighted by atomic mass is 10.1. The van der Waals surface area contributed by atoms with Crippen LogP contribution < -0.4 is 0 Å². The van der Waals surface area contributed by atoms with Gasteiger partial charge in [-0.15, -0.1) is 0 Å². The zero-order chi connectivity index (χ0) is 13.8. The van der Waals surface area contributed by atoms with E-state index >= 15 is 0 Å². The average molecular weight is 263 g/mol. The Morgan fingerprint density at radius 3 is 2.58 bits per heavy atom. The number of carbonyl (C=O) groups is 1. The van der Waals surface area contributed by atoms with Gasteiger partial charge in [-0.3, -0.25) is 4.90 Å². The Morgan fingerprint density at radius 2 is 1.95 bits per heavy atom. The largest absolute Gasteiger partial charge is 0.455 e. The van der Waals surface area contributed by atoms with Crippen LogP contribution in [0.15, 0.2) is 30.3 Å².